The van der Waals surface area contributed by atoms with Gasteiger partial charge in [0.05, 0.1) is 19.1 Å². The molecule has 0 aliphatic heterocycles. The average molecular weight is 330 g/mol. The molecule has 0 spiro atoms. The molecule has 1 aromatic heterocycles. The van der Waals surface area contributed by atoms with Crippen LogP contribution in [0.15, 0.2) is 47.3 Å². The third kappa shape index (κ3) is 5.65. The van der Waals surface area contributed by atoms with Crippen LogP contribution in [0.25, 0.3) is 0 Å². The van der Waals surface area contributed by atoms with Crippen molar-refractivity contribution in [2.45, 2.75) is 19.3 Å². The normalized spacial score (nSPS) is 11.3. The number of hydrogen-bond acceptors (Lipinski definition) is 2. The summed E-state index contributed by atoms with van der Waals surface area (Å²) in [6.07, 6.45) is -1.93. The first-order chi connectivity index (χ1) is 10.8. The summed E-state index contributed by atoms with van der Waals surface area (Å²) in [4.78, 5) is 12.6. The molecule has 0 atom stereocenters. The Kier molecular flexibility index (Phi) is 5.25. The van der Waals surface area contributed by atoms with E-state index in [4.69, 9.17) is 4.42 Å². The highest BCUT2D eigenvalue weighted by molar-refractivity contribution is 5.74. The number of alkyl halides is 3. The molecule has 0 aliphatic rings. The minimum atomic E-state index is -4.52. The number of carbonyl (C=O) groups excluding carboxylic acids is 1. The molecule has 1 N–H and O–H groups in total. The molecule has 1 heterocycles. The molecule has 124 valence electrons. The largest absolute Gasteiger partial charge is 0.472 e. The number of amides is 2. The van der Waals surface area contributed by atoms with Gasteiger partial charge in [0.15, 0.2) is 0 Å². The second kappa shape index (κ2) is 7.17. The average Bonchev–Trinajstić information content (AvgIpc) is 2.97. The van der Waals surface area contributed by atoms with Crippen molar-refractivity contribution in [3.8, 4) is 0 Å². The van der Waals surface area contributed by atoms with Crippen molar-refractivity contribution in [3.05, 3.63) is 59.8 Å². The summed E-state index contributed by atoms with van der Waals surface area (Å²) in [6.45, 7) is -1.61. The highest BCUT2D eigenvalue weighted by Gasteiger charge is 2.33. The van der Waals surface area contributed by atoms with Crippen molar-refractivity contribution in [2.75, 3.05) is 6.54 Å². The fourth-order valence-corrected chi connectivity index (χ4v) is 1.91. The van der Waals surface area contributed by atoms with Gasteiger partial charge in [-0.1, -0.05) is 12.1 Å². The molecule has 2 amide bonds. The van der Waals surface area contributed by atoms with Gasteiger partial charge in [-0.25, -0.2) is 9.18 Å². The van der Waals surface area contributed by atoms with Gasteiger partial charge in [-0.05, 0) is 23.8 Å². The van der Waals surface area contributed by atoms with Gasteiger partial charge in [0, 0.05) is 12.1 Å². The number of benzene rings is 1. The molecule has 0 radical (unpaired) electrons. The van der Waals surface area contributed by atoms with Crippen molar-refractivity contribution in [1.29, 1.82) is 0 Å². The maximum atomic E-state index is 12.8. The Morgan fingerprint density at radius 1 is 1.13 bits per heavy atom. The van der Waals surface area contributed by atoms with Crippen molar-refractivity contribution in [1.82, 2.24) is 10.2 Å². The van der Waals surface area contributed by atoms with E-state index in [1.807, 2.05) is 0 Å². The molecule has 2 aromatic rings. The molecule has 8 heteroatoms. The Labute approximate surface area is 129 Å². The molecular formula is C15H14F4N2O2. The topological polar surface area (TPSA) is 45.5 Å². The van der Waals surface area contributed by atoms with E-state index in [-0.39, 0.29) is 13.1 Å². The Bertz CT molecular complexity index is 624. The van der Waals surface area contributed by atoms with E-state index in [0.717, 1.165) is 0 Å². The van der Waals surface area contributed by atoms with E-state index in [0.29, 0.717) is 16.0 Å². The number of rotatable bonds is 5. The van der Waals surface area contributed by atoms with Gasteiger partial charge in [0.2, 0.25) is 0 Å². The Hall–Kier alpha value is -2.51. The molecule has 0 fully saturated rings. The van der Waals surface area contributed by atoms with Crippen LogP contribution in [-0.4, -0.2) is 23.7 Å². The lowest BCUT2D eigenvalue weighted by molar-refractivity contribution is -0.140. The summed E-state index contributed by atoms with van der Waals surface area (Å²) >= 11 is 0. The van der Waals surface area contributed by atoms with Crippen LogP contribution in [-0.2, 0) is 13.1 Å². The zero-order chi connectivity index (χ0) is 16.9. The van der Waals surface area contributed by atoms with Crippen molar-refractivity contribution < 1.29 is 26.8 Å². The van der Waals surface area contributed by atoms with Gasteiger partial charge >= 0.3 is 12.2 Å². The number of hydrogen-bond donors (Lipinski definition) is 1. The van der Waals surface area contributed by atoms with E-state index in [9.17, 15) is 22.4 Å². The number of carbonyl (C=O) groups is 1. The third-order valence-electron chi connectivity index (χ3n) is 2.97. The quantitative estimate of drug-likeness (QED) is 0.850. The molecule has 0 saturated carbocycles. The predicted molar refractivity (Wildman–Crippen MR) is 73.8 cm³/mol. The number of urea groups is 1. The number of halogens is 4. The van der Waals surface area contributed by atoms with E-state index in [2.05, 4.69) is 5.32 Å². The zero-order valence-corrected chi connectivity index (χ0v) is 11.9. The van der Waals surface area contributed by atoms with Gasteiger partial charge in [-0.2, -0.15) is 13.2 Å². The van der Waals surface area contributed by atoms with Crippen molar-refractivity contribution >= 4 is 6.03 Å². The van der Waals surface area contributed by atoms with Gasteiger partial charge in [0.25, 0.3) is 0 Å². The van der Waals surface area contributed by atoms with Crippen LogP contribution in [0, 0.1) is 5.82 Å². The minimum Gasteiger partial charge on any atom is -0.472 e. The molecule has 23 heavy (non-hydrogen) atoms. The third-order valence-corrected chi connectivity index (χ3v) is 2.97. The lowest BCUT2D eigenvalue weighted by Crippen LogP contribution is -2.44. The minimum absolute atomic E-state index is 0.00113. The first-order valence-corrected chi connectivity index (χ1v) is 6.68. The highest BCUT2D eigenvalue weighted by atomic mass is 19.4. The maximum absolute atomic E-state index is 12.8. The fourth-order valence-electron chi connectivity index (χ4n) is 1.91. The van der Waals surface area contributed by atoms with Crippen LogP contribution >= 0.6 is 0 Å². The van der Waals surface area contributed by atoms with E-state index in [1.54, 1.807) is 0 Å². The fraction of sp³-hybridized carbons (Fsp3) is 0.267. The Morgan fingerprint density at radius 3 is 2.39 bits per heavy atom. The van der Waals surface area contributed by atoms with Crippen LogP contribution in [0.5, 0.6) is 0 Å². The van der Waals surface area contributed by atoms with Crippen LogP contribution < -0.4 is 5.32 Å². The summed E-state index contributed by atoms with van der Waals surface area (Å²) in [5.74, 6) is -0.432. The Morgan fingerprint density at radius 2 is 1.83 bits per heavy atom. The van der Waals surface area contributed by atoms with Crippen LogP contribution in [0.3, 0.4) is 0 Å². The van der Waals surface area contributed by atoms with Gasteiger partial charge in [-0.15, -0.1) is 0 Å². The van der Waals surface area contributed by atoms with E-state index in [1.165, 1.54) is 42.9 Å². The van der Waals surface area contributed by atoms with Crippen molar-refractivity contribution in [2.24, 2.45) is 0 Å². The summed E-state index contributed by atoms with van der Waals surface area (Å²) in [7, 11) is 0. The van der Waals surface area contributed by atoms with E-state index < -0.39 is 24.6 Å². The monoisotopic (exact) mass is 330 g/mol. The summed E-state index contributed by atoms with van der Waals surface area (Å²) in [6, 6.07) is 5.92. The smallest absolute Gasteiger partial charge is 0.406 e. The number of nitrogens with one attached hydrogen (secondary N) is 1. The molecule has 1 aromatic carbocycles. The molecule has 0 bridgehead atoms. The summed E-state index contributed by atoms with van der Waals surface area (Å²) < 4.78 is 55.4. The first-order valence-electron chi connectivity index (χ1n) is 6.68. The van der Waals surface area contributed by atoms with Gasteiger partial charge < -0.3 is 14.6 Å². The van der Waals surface area contributed by atoms with E-state index >= 15 is 0 Å². The zero-order valence-electron chi connectivity index (χ0n) is 11.9. The molecule has 0 aliphatic carbocycles. The highest BCUT2D eigenvalue weighted by Crippen LogP contribution is 2.18. The van der Waals surface area contributed by atoms with Crippen LogP contribution in [0.1, 0.15) is 11.1 Å². The summed E-state index contributed by atoms with van der Waals surface area (Å²) in [5.41, 5.74) is 1.03. The second-order valence-corrected chi connectivity index (χ2v) is 4.89. The molecule has 4 nitrogen and oxygen atoms in total. The van der Waals surface area contributed by atoms with Crippen molar-refractivity contribution in [3.63, 3.8) is 0 Å². The maximum Gasteiger partial charge on any atom is 0.406 e. The lowest BCUT2D eigenvalue weighted by Gasteiger charge is -2.23. The molecule has 0 unspecified atom stereocenters. The molecule has 0 saturated heterocycles. The van der Waals surface area contributed by atoms with Gasteiger partial charge in [0.1, 0.15) is 12.4 Å². The second-order valence-electron chi connectivity index (χ2n) is 4.89. The molecular weight excluding hydrogens is 316 g/mol. The number of nitrogens with zero attached hydrogens (tertiary/aromatic N) is 1. The Balaban J connectivity index is 1.98. The van der Waals surface area contributed by atoms with Crippen LogP contribution in [0.2, 0.25) is 0 Å². The predicted octanol–water partition coefficient (Wildman–Crippen LogP) is 3.69. The number of furan rings is 1. The van der Waals surface area contributed by atoms with Gasteiger partial charge in [-0.3, -0.25) is 0 Å². The standard InChI is InChI=1S/C15H14F4N2O2/c16-13-3-1-11(2-4-13)7-20-14(22)21(10-15(17,18)19)8-12-5-6-23-9-12/h1-6,9H,7-8,10H2,(H,20,22). The SMILES string of the molecule is O=C(NCc1ccc(F)cc1)N(Cc1ccoc1)CC(F)(F)F. The van der Waals surface area contributed by atoms with Crippen LogP contribution in [0.4, 0.5) is 22.4 Å². The molecule has 2 rings (SSSR count). The first kappa shape index (κ1) is 16.9. The summed E-state index contributed by atoms with van der Waals surface area (Å²) in [5, 5.41) is 2.39. The lowest BCUT2D eigenvalue weighted by atomic mass is 10.2.